The minimum absolute atomic E-state index is 0.294. The summed E-state index contributed by atoms with van der Waals surface area (Å²) in [6, 6.07) is 8.66. The van der Waals surface area contributed by atoms with Crippen LogP contribution in [-0.4, -0.2) is 14.2 Å². The lowest BCUT2D eigenvalue weighted by Gasteiger charge is -2.15. The number of nitrogens with one attached hydrogen (secondary N) is 1. The first kappa shape index (κ1) is 16.5. The van der Waals surface area contributed by atoms with E-state index in [-0.39, 0.29) is 0 Å². The van der Waals surface area contributed by atoms with Crippen LogP contribution >= 0.6 is 59.1 Å². The van der Waals surface area contributed by atoms with Gasteiger partial charge in [0.1, 0.15) is 5.75 Å². The fraction of sp³-hybridized carbons (Fsp3) is 0.286. The molecule has 0 saturated heterocycles. The molecule has 0 spiro atoms. The summed E-state index contributed by atoms with van der Waals surface area (Å²) >= 11 is 12.4. The number of thiophene rings is 1. The Hall–Kier alpha value is 0.120. The molecule has 6 heteroatoms. The third kappa shape index (κ3) is 3.85. The van der Waals surface area contributed by atoms with Gasteiger partial charge in [0.25, 0.3) is 0 Å². The maximum absolute atomic E-state index is 5.26. The third-order valence-electron chi connectivity index (χ3n) is 3.01. The van der Waals surface area contributed by atoms with Crippen molar-refractivity contribution in [1.29, 1.82) is 0 Å². The molecule has 0 amide bonds. The zero-order valence-corrected chi connectivity index (χ0v) is 16.6. The van der Waals surface area contributed by atoms with Gasteiger partial charge < -0.3 is 10.1 Å². The molecule has 1 heterocycles. The predicted molar refractivity (Wildman–Crippen MR) is 95.9 cm³/mol. The zero-order valence-electron chi connectivity index (χ0n) is 11.0. The van der Waals surface area contributed by atoms with Gasteiger partial charge in [0, 0.05) is 15.4 Å². The van der Waals surface area contributed by atoms with E-state index < -0.39 is 0 Å². The second kappa shape index (κ2) is 7.40. The first-order valence-corrected chi connectivity index (χ1v) is 9.19. The van der Waals surface area contributed by atoms with Gasteiger partial charge in [-0.05, 0) is 85.0 Å². The molecule has 1 atom stereocenters. The number of rotatable bonds is 5. The molecule has 0 fully saturated rings. The minimum atomic E-state index is 0.294. The van der Waals surface area contributed by atoms with Crippen LogP contribution in [0.5, 0.6) is 5.75 Å². The van der Waals surface area contributed by atoms with Crippen molar-refractivity contribution in [2.75, 3.05) is 14.2 Å². The monoisotopic (exact) mass is 481 g/mol. The molecule has 2 nitrogen and oxygen atoms in total. The molecule has 2 aromatic rings. The van der Waals surface area contributed by atoms with Gasteiger partial charge in [-0.1, -0.05) is 6.07 Å². The Morgan fingerprint density at radius 3 is 2.45 bits per heavy atom. The van der Waals surface area contributed by atoms with Crippen LogP contribution < -0.4 is 10.1 Å². The largest absolute Gasteiger partial charge is 0.496 e. The molecular formula is C14H14Br3NOS. The van der Waals surface area contributed by atoms with Crippen LogP contribution in [0.1, 0.15) is 16.5 Å². The molecule has 2 rings (SSSR count). The molecule has 0 aliphatic carbocycles. The number of hydrogen-bond donors (Lipinski definition) is 1. The summed E-state index contributed by atoms with van der Waals surface area (Å²) in [7, 11) is 3.67. The summed E-state index contributed by atoms with van der Waals surface area (Å²) in [6.45, 7) is 0. The van der Waals surface area contributed by atoms with Crippen LogP contribution in [0.2, 0.25) is 0 Å². The average molecular weight is 484 g/mol. The van der Waals surface area contributed by atoms with Crippen molar-refractivity contribution >= 4 is 59.1 Å². The van der Waals surface area contributed by atoms with Gasteiger partial charge in [0.05, 0.1) is 15.4 Å². The number of hydrogen-bond acceptors (Lipinski definition) is 3. The number of likely N-dealkylation sites (N-methyl/N-ethyl adjacent to an activating group) is 1. The Morgan fingerprint density at radius 2 is 1.95 bits per heavy atom. The Kier molecular flexibility index (Phi) is 6.10. The molecule has 0 saturated carbocycles. The molecule has 0 radical (unpaired) electrons. The van der Waals surface area contributed by atoms with E-state index in [1.807, 2.05) is 13.1 Å². The van der Waals surface area contributed by atoms with Crippen molar-refractivity contribution in [2.45, 2.75) is 12.5 Å². The Morgan fingerprint density at radius 1 is 1.20 bits per heavy atom. The van der Waals surface area contributed by atoms with E-state index in [9.17, 15) is 0 Å². The molecule has 1 N–H and O–H groups in total. The van der Waals surface area contributed by atoms with Gasteiger partial charge in [-0.25, -0.2) is 0 Å². The number of halogens is 3. The topological polar surface area (TPSA) is 21.3 Å². The quantitative estimate of drug-likeness (QED) is 0.602. The van der Waals surface area contributed by atoms with Crippen molar-refractivity contribution in [3.8, 4) is 5.75 Å². The third-order valence-corrected chi connectivity index (χ3v) is 7.00. The lowest BCUT2D eigenvalue weighted by atomic mass is 10.0. The van der Waals surface area contributed by atoms with Crippen LogP contribution in [0.25, 0.3) is 0 Å². The van der Waals surface area contributed by atoms with Crippen molar-refractivity contribution in [1.82, 2.24) is 5.32 Å². The molecule has 1 unspecified atom stereocenters. The maximum Gasteiger partial charge on any atom is 0.133 e. The van der Waals surface area contributed by atoms with E-state index in [4.69, 9.17) is 4.74 Å². The molecule has 1 aromatic heterocycles. The highest BCUT2D eigenvalue weighted by molar-refractivity contribution is 9.13. The Labute approximate surface area is 148 Å². The second-order valence-electron chi connectivity index (χ2n) is 4.28. The van der Waals surface area contributed by atoms with Gasteiger partial charge in [0.2, 0.25) is 0 Å². The van der Waals surface area contributed by atoms with Crippen molar-refractivity contribution in [2.24, 2.45) is 0 Å². The highest BCUT2D eigenvalue weighted by Crippen LogP contribution is 2.37. The summed E-state index contributed by atoms with van der Waals surface area (Å²) < 4.78 is 8.48. The maximum atomic E-state index is 5.26. The summed E-state index contributed by atoms with van der Waals surface area (Å²) in [5.74, 6) is 0.858. The Balaban J connectivity index is 2.20. The van der Waals surface area contributed by atoms with Gasteiger partial charge in [-0.2, -0.15) is 0 Å². The van der Waals surface area contributed by atoms with Crippen LogP contribution in [0.3, 0.4) is 0 Å². The Bertz CT molecular complexity index is 581. The van der Waals surface area contributed by atoms with Crippen molar-refractivity contribution in [3.05, 3.63) is 47.4 Å². The molecule has 108 valence electrons. The molecule has 0 bridgehead atoms. The van der Waals surface area contributed by atoms with E-state index in [2.05, 4.69) is 71.3 Å². The minimum Gasteiger partial charge on any atom is -0.496 e. The molecule has 0 aliphatic rings. The molecule has 20 heavy (non-hydrogen) atoms. The van der Waals surface area contributed by atoms with Crippen molar-refractivity contribution < 1.29 is 4.74 Å². The lowest BCUT2D eigenvalue weighted by Crippen LogP contribution is -2.17. The van der Waals surface area contributed by atoms with E-state index >= 15 is 0 Å². The van der Waals surface area contributed by atoms with Gasteiger partial charge in [-0.15, -0.1) is 11.3 Å². The normalized spacial score (nSPS) is 12.4. The zero-order chi connectivity index (χ0) is 14.7. The van der Waals surface area contributed by atoms with E-state index in [0.717, 1.165) is 24.9 Å². The first-order valence-electron chi connectivity index (χ1n) is 5.99. The van der Waals surface area contributed by atoms with Crippen molar-refractivity contribution in [3.63, 3.8) is 0 Å². The lowest BCUT2D eigenvalue weighted by molar-refractivity contribution is 0.412. The smallest absolute Gasteiger partial charge is 0.133 e. The fourth-order valence-electron chi connectivity index (χ4n) is 1.95. The van der Waals surface area contributed by atoms with Gasteiger partial charge in [0.15, 0.2) is 0 Å². The summed E-state index contributed by atoms with van der Waals surface area (Å²) in [5, 5.41) is 3.38. The summed E-state index contributed by atoms with van der Waals surface area (Å²) in [4.78, 5) is 1.30. The molecule has 0 aliphatic heterocycles. The fourth-order valence-corrected chi connectivity index (χ4v) is 4.74. The van der Waals surface area contributed by atoms with Crippen LogP contribution in [0, 0.1) is 0 Å². The SMILES string of the molecule is CNC(Cc1ccc(OC)c(Br)c1)c1cc(Br)c(Br)s1. The summed E-state index contributed by atoms with van der Waals surface area (Å²) in [5.41, 5.74) is 1.26. The van der Waals surface area contributed by atoms with Gasteiger partial charge in [-0.3, -0.25) is 0 Å². The predicted octanol–water partition coefficient (Wildman–Crippen LogP) is 5.55. The summed E-state index contributed by atoms with van der Waals surface area (Å²) in [6.07, 6.45) is 0.929. The number of ether oxygens (including phenoxy) is 1. The van der Waals surface area contributed by atoms with Gasteiger partial charge >= 0.3 is 0 Å². The second-order valence-corrected chi connectivity index (χ2v) is 8.40. The van der Waals surface area contributed by atoms with Crippen LogP contribution in [0.4, 0.5) is 0 Å². The van der Waals surface area contributed by atoms with Crippen LogP contribution in [0.15, 0.2) is 37.0 Å². The average Bonchev–Trinajstić information content (AvgIpc) is 2.76. The molecule has 1 aromatic carbocycles. The highest BCUT2D eigenvalue weighted by Gasteiger charge is 2.15. The number of methoxy groups -OCH3 is 1. The first-order chi connectivity index (χ1) is 9.55. The van der Waals surface area contributed by atoms with E-state index in [1.54, 1.807) is 18.4 Å². The van der Waals surface area contributed by atoms with E-state index in [0.29, 0.717) is 6.04 Å². The number of benzene rings is 1. The van der Waals surface area contributed by atoms with Crippen LogP contribution in [-0.2, 0) is 6.42 Å². The molecular weight excluding hydrogens is 470 g/mol. The van der Waals surface area contributed by atoms with E-state index in [1.165, 1.54) is 10.4 Å². The standard InChI is InChI=1S/C14H14Br3NOS/c1-18-11(13-7-10(16)14(17)20-13)6-8-3-4-12(19-2)9(15)5-8/h3-5,7,11,18H,6H2,1-2H3. The highest BCUT2D eigenvalue weighted by atomic mass is 79.9.